The number of non-ortho nitro benzene ring substituents is 1. The SMILES string of the molecule is COc1ccc([N+](=O)[O-])c2c(NCc3c(C)nn(C)c3C)nccc12. The number of nitrogens with zero attached hydrogens (tertiary/aromatic N) is 4. The first-order valence-corrected chi connectivity index (χ1v) is 7.77. The van der Waals surface area contributed by atoms with Crippen molar-refractivity contribution in [3.05, 3.63) is 51.5 Å². The average molecular weight is 341 g/mol. The topological polar surface area (TPSA) is 95.1 Å². The Labute approximate surface area is 144 Å². The number of nitrogens with one attached hydrogen (secondary N) is 1. The van der Waals surface area contributed by atoms with Crippen molar-refractivity contribution in [1.29, 1.82) is 0 Å². The highest BCUT2D eigenvalue weighted by Gasteiger charge is 2.20. The van der Waals surface area contributed by atoms with Gasteiger partial charge in [0.25, 0.3) is 5.69 Å². The second-order valence-electron chi connectivity index (χ2n) is 5.75. The summed E-state index contributed by atoms with van der Waals surface area (Å²) in [6.45, 7) is 4.40. The van der Waals surface area contributed by atoms with Gasteiger partial charge in [0.1, 0.15) is 17.0 Å². The van der Waals surface area contributed by atoms with Crippen molar-refractivity contribution in [2.75, 3.05) is 12.4 Å². The third-order valence-electron chi connectivity index (χ3n) is 4.37. The molecule has 3 rings (SSSR count). The van der Waals surface area contributed by atoms with E-state index in [9.17, 15) is 10.1 Å². The molecular formula is C17H19N5O3. The molecule has 0 saturated carbocycles. The van der Waals surface area contributed by atoms with Gasteiger partial charge >= 0.3 is 0 Å². The first kappa shape index (κ1) is 16.7. The zero-order valence-electron chi connectivity index (χ0n) is 14.5. The van der Waals surface area contributed by atoms with Gasteiger partial charge in [0.15, 0.2) is 0 Å². The largest absolute Gasteiger partial charge is 0.496 e. The monoisotopic (exact) mass is 341 g/mol. The minimum atomic E-state index is -0.408. The average Bonchev–Trinajstić information content (AvgIpc) is 2.84. The number of fused-ring (bicyclic) bond motifs is 1. The highest BCUT2D eigenvalue weighted by atomic mass is 16.6. The fourth-order valence-corrected chi connectivity index (χ4v) is 2.96. The molecule has 0 unspecified atom stereocenters. The van der Waals surface area contributed by atoms with Crippen LogP contribution in [0.1, 0.15) is 17.0 Å². The van der Waals surface area contributed by atoms with E-state index in [-0.39, 0.29) is 5.69 Å². The van der Waals surface area contributed by atoms with E-state index in [1.807, 2.05) is 25.6 Å². The lowest BCUT2D eigenvalue weighted by atomic mass is 10.1. The molecule has 0 radical (unpaired) electrons. The minimum Gasteiger partial charge on any atom is -0.496 e. The van der Waals surface area contributed by atoms with Crippen LogP contribution in [0.3, 0.4) is 0 Å². The molecule has 0 atom stereocenters. The highest BCUT2D eigenvalue weighted by molar-refractivity contribution is 6.02. The molecule has 0 aliphatic rings. The van der Waals surface area contributed by atoms with Gasteiger partial charge in [-0.3, -0.25) is 14.8 Å². The molecule has 130 valence electrons. The van der Waals surface area contributed by atoms with Gasteiger partial charge in [-0.1, -0.05) is 0 Å². The Kier molecular flexibility index (Phi) is 4.26. The smallest absolute Gasteiger partial charge is 0.281 e. The molecule has 2 aromatic heterocycles. The van der Waals surface area contributed by atoms with Gasteiger partial charge in [-0.25, -0.2) is 4.98 Å². The molecule has 8 heteroatoms. The normalized spacial score (nSPS) is 10.9. The fraction of sp³-hybridized carbons (Fsp3) is 0.294. The van der Waals surface area contributed by atoms with Gasteiger partial charge in [0.05, 0.1) is 17.7 Å². The second kappa shape index (κ2) is 6.39. The van der Waals surface area contributed by atoms with Crippen molar-refractivity contribution in [2.24, 2.45) is 7.05 Å². The van der Waals surface area contributed by atoms with Crippen molar-refractivity contribution in [1.82, 2.24) is 14.8 Å². The van der Waals surface area contributed by atoms with Crippen LogP contribution in [-0.2, 0) is 13.6 Å². The van der Waals surface area contributed by atoms with Gasteiger partial charge < -0.3 is 10.1 Å². The maximum Gasteiger partial charge on any atom is 0.281 e. The van der Waals surface area contributed by atoms with Crippen LogP contribution in [0.25, 0.3) is 10.8 Å². The number of aromatic nitrogens is 3. The first-order valence-electron chi connectivity index (χ1n) is 7.77. The van der Waals surface area contributed by atoms with Gasteiger partial charge in [0.2, 0.25) is 0 Å². The van der Waals surface area contributed by atoms with E-state index in [0.717, 1.165) is 17.0 Å². The Hall–Kier alpha value is -3.16. The Bertz CT molecular complexity index is 965. The van der Waals surface area contributed by atoms with Gasteiger partial charge in [-0.15, -0.1) is 0 Å². The molecule has 0 spiro atoms. The summed E-state index contributed by atoms with van der Waals surface area (Å²) in [4.78, 5) is 15.3. The summed E-state index contributed by atoms with van der Waals surface area (Å²) in [6.07, 6.45) is 1.61. The van der Waals surface area contributed by atoms with Crippen molar-refractivity contribution < 1.29 is 9.66 Å². The number of ether oxygens (including phenoxy) is 1. The van der Waals surface area contributed by atoms with Crippen molar-refractivity contribution in [3.63, 3.8) is 0 Å². The maximum atomic E-state index is 11.4. The number of hydrogen-bond donors (Lipinski definition) is 1. The van der Waals surface area contributed by atoms with E-state index < -0.39 is 4.92 Å². The number of nitro benzene ring substituents is 1. The van der Waals surface area contributed by atoms with Gasteiger partial charge in [0, 0.05) is 42.5 Å². The van der Waals surface area contributed by atoms with Crippen LogP contribution < -0.4 is 10.1 Å². The molecule has 0 fully saturated rings. The predicted molar refractivity (Wildman–Crippen MR) is 95.0 cm³/mol. The number of rotatable bonds is 5. The molecule has 25 heavy (non-hydrogen) atoms. The van der Waals surface area contributed by atoms with Crippen LogP contribution in [-0.4, -0.2) is 26.8 Å². The van der Waals surface area contributed by atoms with E-state index >= 15 is 0 Å². The summed E-state index contributed by atoms with van der Waals surface area (Å²) in [5.74, 6) is 1.02. The van der Waals surface area contributed by atoms with E-state index in [1.165, 1.54) is 13.2 Å². The second-order valence-corrected chi connectivity index (χ2v) is 5.75. The molecule has 0 aliphatic carbocycles. The predicted octanol–water partition coefficient (Wildman–Crippen LogP) is 3.11. The molecule has 0 saturated heterocycles. The Balaban J connectivity index is 2.08. The Morgan fingerprint density at radius 1 is 1.32 bits per heavy atom. The Morgan fingerprint density at radius 3 is 2.68 bits per heavy atom. The molecule has 0 bridgehead atoms. The Morgan fingerprint density at radius 2 is 2.08 bits per heavy atom. The number of anilines is 1. The van der Waals surface area contributed by atoms with E-state index in [4.69, 9.17) is 4.74 Å². The summed E-state index contributed by atoms with van der Waals surface area (Å²) in [7, 11) is 3.42. The third kappa shape index (κ3) is 2.86. The van der Waals surface area contributed by atoms with Crippen LogP contribution in [0.15, 0.2) is 24.4 Å². The van der Waals surface area contributed by atoms with Crippen molar-refractivity contribution in [2.45, 2.75) is 20.4 Å². The first-order chi connectivity index (χ1) is 11.9. The van der Waals surface area contributed by atoms with Crippen LogP contribution in [0, 0.1) is 24.0 Å². The van der Waals surface area contributed by atoms with E-state index in [2.05, 4.69) is 15.4 Å². The minimum absolute atomic E-state index is 0.00831. The number of pyridine rings is 1. The highest BCUT2D eigenvalue weighted by Crippen LogP contribution is 2.36. The summed E-state index contributed by atoms with van der Waals surface area (Å²) in [6, 6.07) is 4.75. The van der Waals surface area contributed by atoms with Crippen LogP contribution in [0.5, 0.6) is 5.75 Å². The third-order valence-corrected chi connectivity index (χ3v) is 4.37. The van der Waals surface area contributed by atoms with E-state index in [0.29, 0.717) is 28.9 Å². The van der Waals surface area contributed by atoms with Gasteiger partial charge in [-0.2, -0.15) is 5.10 Å². The number of hydrogen-bond acceptors (Lipinski definition) is 6. The summed E-state index contributed by atoms with van der Waals surface area (Å²) >= 11 is 0. The standard InChI is InChI=1S/C17H19N5O3/c1-10-13(11(2)21(3)20-10)9-19-17-16-12(7-8-18-17)15(25-4)6-5-14(16)22(23)24/h5-8H,9H2,1-4H3,(H,18,19). The number of benzene rings is 1. The van der Waals surface area contributed by atoms with Crippen molar-refractivity contribution in [3.8, 4) is 5.75 Å². The molecule has 1 aromatic carbocycles. The van der Waals surface area contributed by atoms with Crippen LogP contribution in [0.4, 0.5) is 11.5 Å². The fourth-order valence-electron chi connectivity index (χ4n) is 2.96. The van der Waals surface area contributed by atoms with Crippen LogP contribution in [0.2, 0.25) is 0 Å². The molecule has 2 heterocycles. The molecular weight excluding hydrogens is 322 g/mol. The molecule has 1 N–H and O–H groups in total. The zero-order chi connectivity index (χ0) is 18.1. The molecule has 3 aromatic rings. The summed E-state index contributed by atoms with van der Waals surface area (Å²) in [5, 5.41) is 20.1. The number of methoxy groups -OCH3 is 1. The number of nitro groups is 1. The quantitative estimate of drug-likeness (QED) is 0.566. The molecule has 0 amide bonds. The molecule has 0 aliphatic heterocycles. The van der Waals surface area contributed by atoms with Crippen LogP contribution >= 0.6 is 0 Å². The van der Waals surface area contributed by atoms with Crippen molar-refractivity contribution >= 4 is 22.3 Å². The summed E-state index contributed by atoms with van der Waals surface area (Å²) < 4.78 is 7.14. The lowest BCUT2D eigenvalue weighted by Crippen LogP contribution is -2.05. The van der Waals surface area contributed by atoms with E-state index in [1.54, 1.807) is 18.3 Å². The summed E-state index contributed by atoms with van der Waals surface area (Å²) in [5.41, 5.74) is 3.00. The van der Waals surface area contributed by atoms with Gasteiger partial charge in [-0.05, 0) is 26.0 Å². The lowest BCUT2D eigenvalue weighted by molar-refractivity contribution is -0.383. The lowest BCUT2D eigenvalue weighted by Gasteiger charge is -2.11. The maximum absolute atomic E-state index is 11.4. The molecule has 8 nitrogen and oxygen atoms in total. The zero-order valence-corrected chi connectivity index (χ0v) is 14.5. The number of aryl methyl sites for hydroxylation is 2.